The number of Topliss-reactive ketones (excluding diaryl/α,β-unsaturated/α-hetero) is 1. The van der Waals surface area contributed by atoms with E-state index in [1.54, 1.807) is 0 Å². The summed E-state index contributed by atoms with van der Waals surface area (Å²) in [6, 6.07) is 2.17. The number of carbonyl (C=O) groups is 1. The summed E-state index contributed by atoms with van der Waals surface area (Å²) in [5.41, 5.74) is -1.68. The van der Waals surface area contributed by atoms with Crippen LogP contribution in [0.3, 0.4) is 0 Å². The van der Waals surface area contributed by atoms with Crippen LogP contribution in [0.2, 0.25) is 0 Å². The van der Waals surface area contributed by atoms with Crippen molar-refractivity contribution in [2.75, 3.05) is 6.61 Å². The van der Waals surface area contributed by atoms with Gasteiger partial charge in [0.1, 0.15) is 5.82 Å². The Morgan fingerprint density at radius 3 is 2.58 bits per heavy atom. The zero-order valence-electron chi connectivity index (χ0n) is 9.76. The number of benzene rings is 1. The van der Waals surface area contributed by atoms with Crippen LogP contribution in [0.5, 0.6) is 0 Å². The summed E-state index contributed by atoms with van der Waals surface area (Å²) in [4.78, 5) is 11.9. The Balaban J connectivity index is 2.36. The van der Waals surface area contributed by atoms with Gasteiger partial charge in [0.15, 0.2) is 5.76 Å². The molecule has 1 aromatic rings. The lowest BCUT2D eigenvalue weighted by Crippen LogP contribution is -2.14. The van der Waals surface area contributed by atoms with Crippen molar-refractivity contribution in [3.8, 4) is 0 Å². The van der Waals surface area contributed by atoms with Crippen molar-refractivity contribution in [2.45, 2.75) is 19.0 Å². The number of alkyl halides is 3. The van der Waals surface area contributed by atoms with Crippen molar-refractivity contribution in [2.24, 2.45) is 0 Å². The van der Waals surface area contributed by atoms with Gasteiger partial charge in [-0.1, -0.05) is 0 Å². The molecule has 1 aliphatic heterocycles. The maximum Gasteiger partial charge on any atom is 0.419 e. The molecule has 19 heavy (non-hydrogen) atoms. The van der Waals surface area contributed by atoms with Crippen molar-refractivity contribution < 1.29 is 27.1 Å². The smallest absolute Gasteiger partial charge is 0.419 e. The lowest BCUT2D eigenvalue weighted by atomic mass is 10.0. The molecule has 1 aromatic carbocycles. The van der Waals surface area contributed by atoms with Gasteiger partial charge in [0.2, 0.25) is 5.78 Å². The van der Waals surface area contributed by atoms with Crippen LogP contribution >= 0.6 is 0 Å². The van der Waals surface area contributed by atoms with E-state index in [2.05, 4.69) is 0 Å². The molecule has 0 unspecified atom stereocenters. The fourth-order valence-corrected chi connectivity index (χ4v) is 1.74. The highest BCUT2D eigenvalue weighted by atomic mass is 19.4. The van der Waals surface area contributed by atoms with Crippen molar-refractivity contribution in [3.63, 3.8) is 0 Å². The topological polar surface area (TPSA) is 26.3 Å². The van der Waals surface area contributed by atoms with E-state index in [0.717, 1.165) is 12.5 Å². The van der Waals surface area contributed by atoms with Gasteiger partial charge in [-0.15, -0.1) is 0 Å². The van der Waals surface area contributed by atoms with Gasteiger partial charge in [0.05, 0.1) is 12.2 Å². The van der Waals surface area contributed by atoms with Crippen molar-refractivity contribution in [1.29, 1.82) is 0 Å². The normalized spacial score (nSPS) is 15.7. The third kappa shape index (κ3) is 2.94. The summed E-state index contributed by atoms with van der Waals surface area (Å²) < 4.78 is 55.8. The average molecular weight is 274 g/mol. The summed E-state index contributed by atoms with van der Waals surface area (Å²) in [7, 11) is 0. The first-order valence-electron chi connectivity index (χ1n) is 5.64. The Labute approximate surface area is 106 Å². The quantitative estimate of drug-likeness (QED) is 0.607. The second kappa shape index (κ2) is 5.03. The SMILES string of the molecule is O=C(C1=CCCCO1)c1ccc(F)c(C(F)(F)F)c1. The Morgan fingerprint density at radius 1 is 1.26 bits per heavy atom. The predicted octanol–water partition coefficient (Wildman–Crippen LogP) is 3.72. The Kier molecular flexibility index (Phi) is 3.59. The van der Waals surface area contributed by atoms with Gasteiger partial charge in [-0.05, 0) is 37.1 Å². The largest absolute Gasteiger partial charge is 0.490 e. The van der Waals surface area contributed by atoms with Crippen molar-refractivity contribution in [1.82, 2.24) is 0 Å². The molecule has 0 aromatic heterocycles. The number of rotatable bonds is 2. The second-order valence-corrected chi connectivity index (χ2v) is 4.08. The van der Waals surface area contributed by atoms with E-state index in [9.17, 15) is 22.4 Å². The molecule has 0 atom stereocenters. The average Bonchev–Trinajstić information content (AvgIpc) is 2.38. The lowest BCUT2D eigenvalue weighted by molar-refractivity contribution is -0.140. The summed E-state index contributed by atoms with van der Waals surface area (Å²) >= 11 is 0. The van der Waals surface area contributed by atoms with E-state index >= 15 is 0 Å². The highest BCUT2D eigenvalue weighted by Gasteiger charge is 2.35. The van der Waals surface area contributed by atoms with E-state index < -0.39 is 23.3 Å². The van der Waals surface area contributed by atoms with Crippen LogP contribution in [-0.4, -0.2) is 12.4 Å². The number of halogens is 4. The first-order valence-corrected chi connectivity index (χ1v) is 5.64. The molecule has 2 rings (SSSR count). The van der Waals surface area contributed by atoms with Crippen LogP contribution in [0.1, 0.15) is 28.8 Å². The molecule has 2 nitrogen and oxygen atoms in total. The number of allylic oxidation sites excluding steroid dienone is 2. The number of hydrogen-bond acceptors (Lipinski definition) is 2. The van der Waals surface area contributed by atoms with E-state index in [1.807, 2.05) is 0 Å². The zero-order valence-corrected chi connectivity index (χ0v) is 9.76. The maximum absolute atomic E-state index is 13.1. The molecule has 0 radical (unpaired) electrons. The molecule has 102 valence electrons. The molecule has 0 N–H and O–H groups in total. The zero-order chi connectivity index (χ0) is 14.0. The molecule has 0 amide bonds. The van der Waals surface area contributed by atoms with Gasteiger partial charge in [0.25, 0.3) is 0 Å². The molecule has 0 fully saturated rings. The molecule has 0 saturated heterocycles. The van der Waals surface area contributed by atoms with Gasteiger partial charge in [-0.2, -0.15) is 13.2 Å². The van der Waals surface area contributed by atoms with Crippen molar-refractivity contribution in [3.05, 3.63) is 47.0 Å². The van der Waals surface area contributed by atoms with E-state index in [4.69, 9.17) is 4.74 Å². The van der Waals surface area contributed by atoms with Crippen molar-refractivity contribution >= 4 is 5.78 Å². The molecule has 6 heteroatoms. The first kappa shape index (κ1) is 13.6. The summed E-state index contributed by atoms with van der Waals surface area (Å²) in [5, 5.41) is 0. The molecular weight excluding hydrogens is 264 g/mol. The molecule has 0 spiro atoms. The fourth-order valence-electron chi connectivity index (χ4n) is 1.74. The van der Waals surface area contributed by atoms with Crippen LogP contribution in [-0.2, 0) is 10.9 Å². The predicted molar refractivity (Wildman–Crippen MR) is 59.0 cm³/mol. The number of ether oxygens (including phenoxy) is 1. The van der Waals surface area contributed by atoms with Gasteiger partial charge in [0, 0.05) is 5.56 Å². The Morgan fingerprint density at radius 2 is 2.00 bits per heavy atom. The Bertz CT molecular complexity index is 532. The van der Waals surface area contributed by atoms with Gasteiger partial charge in [-0.25, -0.2) is 4.39 Å². The lowest BCUT2D eigenvalue weighted by Gasteiger charge is -2.14. The molecule has 1 aliphatic rings. The summed E-state index contributed by atoms with van der Waals surface area (Å²) in [6.07, 6.45) is -1.91. The van der Waals surface area contributed by atoms with E-state index in [0.29, 0.717) is 25.2 Å². The maximum atomic E-state index is 13.1. The number of hydrogen-bond donors (Lipinski definition) is 0. The monoisotopic (exact) mass is 274 g/mol. The highest BCUT2D eigenvalue weighted by Crippen LogP contribution is 2.32. The molecule has 0 bridgehead atoms. The molecule has 1 heterocycles. The fraction of sp³-hybridized carbons (Fsp3) is 0.308. The third-order valence-corrected chi connectivity index (χ3v) is 2.69. The van der Waals surface area contributed by atoms with Crippen LogP contribution in [0, 0.1) is 5.82 Å². The van der Waals surface area contributed by atoms with Crippen LogP contribution in [0.15, 0.2) is 30.0 Å². The Hall–Kier alpha value is -1.85. The molecular formula is C13H10F4O2. The van der Waals surface area contributed by atoms with Gasteiger partial charge < -0.3 is 4.74 Å². The van der Waals surface area contributed by atoms with Crippen LogP contribution < -0.4 is 0 Å². The number of ketones is 1. The minimum atomic E-state index is -4.83. The first-order chi connectivity index (χ1) is 8.89. The van der Waals surface area contributed by atoms with E-state index in [1.165, 1.54) is 6.08 Å². The summed E-state index contributed by atoms with van der Waals surface area (Å²) in [6.45, 7) is 0.352. The van der Waals surface area contributed by atoms with E-state index in [-0.39, 0.29) is 11.3 Å². The molecule has 0 saturated carbocycles. The van der Waals surface area contributed by atoms with Crippen LogP contribution in [0.4, 0.5) is 17.6 Å². The second-order valence-electron chi connectivity index (χ2n) is 4.08. The van der Waals surface area contributed by atoms with Gasteiger partial charge in [-0.3, -0.25) is 4.79 Å². The molecule has 0 aliphatic carbocycles. The minimum absolute atomic E-state index is 0.0194. The van der Waals surface area contributed by atoms with Gasteiger partial charge >= 0.3 is 6.18 Å². The standard InChI is InChI=1S/C13H10F4O2/c14-10-5-4-8(7-9(10)13(15,16)17)12(18)11-3-1-2-6-19-11/h3-5,7H,1-2,6H2. The van der Waals surface area contributed by atoms with Crippen LogP contribution in [0.25, 0.3) is 0 Å². The minimum Gasteiger partial charge on any atom is -0.490 e. The number of carbonyl (C=O) groups excluding carboxylic acids is 1. The third-order valence-electron chi connectivity index (χ3n) is 2.69. The highest BCUT2D eigenvalue weighted by molar-refractivity contribution is 6.07. The summed E-state index contributed by atoms with van der Waals surface area (Å²) in [5.74, 6) is -2.04.